The number of fused-ring (bicyclic) bond motifs is 1. The summed E-state index contributed by atoms with van der Waals surface area (Å²) in [5.41, 5.74) is 1.45. The summed E-state index contributed by atoms with van der Waals surface area (Å²) in [7, 11) is -2.02. The molecule has 0 radical (unpaired) electrons. The van der Waals surface area contributed by atoms with Gasteiger partial charge < -0.3 is 19.7 Å². The van der Waals surface area contributed by atoms with Gasteiger partial charge in [-0.1, -0.05) is 6.07 Å². The van der Waals surface area contributed by atoms with Gasteiger partial charge in [0.05, 0.1) is 4.90 Å². The summed E-state index contributed by atoms with van der Waals surface area (Å²) in [6.07, 6.45) is 0. The molecule has 2 aromatic rings. The number of sulfonamides is 1. The van der Waals surface area contributed by atoms with Crippen LogP contribution in [0.1, 0.15) is 26.3 Å². The van der Waals surface area contributed by atoms with E-state index in [1.54, 1.807) is 24.1 Å². The van der Waals surface area contributed by atoms with E-state index in [-0.39, 0.29) is 23.8 Å². The highest BCUT2D eigenvalue weighted by atomic mass is 32.2. The van der Waals surface area contributed by atoms with Gasteiger partial charge in [0.2, 0.25) is 16.8 Å². The maximum absolute atomic E-state index is 12.7. The van der Waals surface area contributed by atoms with Crippen LogP contribution in [0.25, 0.3) is 0 Å². The number of nitrogens with zero attached hydrogens (tertiary/aromatic N) is 2. The van der Waals surface area contributed by atoms with Crippen LogP contribution in [0.3, 0.4) is 0 Å². The van der Waals surface area contributed by atoms with Gasteiger partial charge in [0.25, 0.3) is 0 Å². The average molecular weight is 434 g/mol. The molecule has 0 aromatic heterocycles. The molecule has 1 heterocycles. The van der Waals surface area contributed by atoms with Gasteiger partial charge in [0.15, 0.2) is 11.5 Å². The zero-order chi connectivity index (χ0) is 21.9. The second-order valence-electron chi connectivity index (χ2n) is 7.27. The molecule has 1 aliphatic rings. The Morgan fingerprint density at radius 3 is 2.40 bits per heavy atom. The van der Waals surface area contributed by atoms with Gasteiger partial charge in [0, 0.05) is 31.9 Å². The number of benzene rings is 2. The molecule has 30 heavy (non-hydrogen) atoms. The Kier molecular flexibility index (Phi) is 6.52. The van der Waals surface area contributed by atoms with Crippen LogP contribution in [0.15, 0.2) is 47.4 Å². The molecule has 9 heteroatoms. The maximum atomic E-state index is 12.7. The highest BCUT2D eigenvalue weighted by Crippen LogP contribution is 2.32. The zero-order valence-corrected chi connectivity index (χ0v) is 18.4. The van der Waals surface area contributed by atoms with E-state index in [9.17, 15) is 13.2 Å². The van der Waals surface area contributed by atoms with Crippen LogP contribution in [0.2, 0.25) is 0 Å². The van der Waals surface area contributed by atoms with Crippen LogP contribution in [0, 0.1) is 0 Å². The number of rotatable bonds is 7. The standard InChI is InChI=1S/C21H27N3O5S/c1-5-24(13-16-6-11-19-20(12-16)29-14-28-19)21(25)22-17-7-9-18(10-8-17)30(26,27)23(4)15(2)3/h6-12,15H,5,13-14H2,1-4H3,(H,22,25). The highest BCUT2D eigenvalue weighted by Gasteiger charge is 2.23. The molecule has 1 aliphatic heterocycles. The third-order valence-electron chi connectivity index (χ3n) is 4.99. The summed E-state index contributed by atoms with van der Waals surface area (Å²) in [6, 6.07) is 11.3. The molecule has 1 N–H and O–H groups in total. The van der Waals surface area contributed by atoms with E-state index in [0.717, 1.165) is 5.56 Å². The number of amides is 2. The number of hydrogen-bond acceptors (Lipinski definition) is 5. The number of urea groups is 1. The molecule has 0 atom stereocenters. The normalized spacial score (nSPS) is 13.0. The number of nitrogens with one attached hydrogen (secondary N) is 1. The first-order valence-electron chi connectivity index (χ1n) is 9.75. The molecule has 3 rings (SSSR count). The van der Waals surface area contributed by atoms with Crippen molar-refractivity contribution in [2.24, 2.45) is 0 Å². The van der Waals surface area contributed by atoms with Gasteiger partial charge in [-0.2, -0.15) is 4.31 Å². The van der Waals surface area contributed by atoms with Crippen molar-refractivity contribution in [3.63, 3.8) is 0 Å². The van der Waals surface area contributed by atoms with Crippen LogP contribution >= 0.6 is 0 Å². The van der Waals surface area contributed by atoms with E-state index < -0.39 is 10.0 Å². The van der Waals surface area contributed by atoms with E-state index in [0.29, 0.717) is 30.3 Å². The Hall–Kier alpha value is -2.78. The molecular formula is C21H27N3O5S. The molecule has 0 spiro atoms. The summed E-state index contributed by atoms with van der Waals surface area (Å²) in [5, 5.41) is 2.82. The third kappa shape index (κ3) is 4.68. The van der Waals surface area contributed by atoms with Crippen molar-refractivity contribution in [1.82, 2.24) is 9.21 Å². The lowest BCUT2D eigenvalue weighted by atomic mass is 10.2. The lowest BCUT2D eigenvalue weighted by Gasteiger charge is -2.22. The lowest BCUT2D eigenvalue weighted by Crippen LogP contribution is -2.34. The number of carbonyl (C=O) groups is 1. The lowest BCUT2D eigenvalue weighted by molar-refractivity contribution is 0.174. The monoisotopic (exact) mass is 433 g/mol. The minimum Gasteiger partial charge on any atom is -0.454 e. The van der Waals surface area contributed by atoms with Crippen molar-refractivity contribution in [2.75, 3.05) is 25.7 Å². The molecule has 0 unspecified atom stereocenters. The molecule has 0 bridgehead atoms. The van der Waals surface area contributed by atoms with E-state index in [1.807, 2.05) is 39.0 Å². The largest absolute Gasteiger partial charge is 0.454 e. The van der Waals surface area contributed by atoms with Crippen molar-refractivity contribution < 1.29 is 22.7 Å². The van der Waals surface area contributed by atoms with Crippen LogP contribution in [-0.2, 0) is 16.6 Å². The first kappa shape index (κ1) is 21.9. The van der Waals surface area contributed by atoms with Gasteiger partial charge >= 0.3 is 6.03 Å². The molecule has 2 amide bonds. The molecule has 0 fully saturated rings. The number of ether oxygens (including phenoxy) is 2. The zero-order valence-electron chi connectivity index (χ0n) is 17.6. The fraction of sp³-hybridized carbons (Fsp3) is 0.381. The Labute approximate surface area is 177 Å². The molecule has 2 aromatic carbocycles. The topological polar surface area (TPSA) is 88.2 Å². The van der Waals surface area contributed by atoms with Crippen molar-refractivity contribution in [3.05, 3.63) is 48.0 Å². The molecule has 0 aliphatic carbocycles. The van der Waals surface area contributed by atoms with Crippen LogP contribution < -0.4 is 14.8 Å². The Morgan fingerprint density at radius 1 is 1.10 bits per heavy atom. The van der Waals surface area contributed by atoms with Gasteiger partial charge in [0.1, 0.15) is 0 Å². The molecule has 162 valence electrons. The SMILES string of the molecule is CCN(Cc1ccc2c(c1)OCO2)C(=O)Nc1ccc(S(=O)(=O)N(C)C(C)C)cc1. The van der Waals surface area contributed by atoms with Crippen LogP contribution in [-0.4, -0.2) is 50.1 Å². The summed E-state index contributed by atoms with van der Waals surface area (Å²) in [4.78, 5) is 14.5. The van der Waals surface area contributed by atoms with E-state index in [2.05, 4.69) is 5.32 Å². The van der Waals surface area contributed by atoms with Crippen LogP contribution in [0.4, 0.5) is 10.5 Å². The maximum Gasteiger partial charge on any atom is 0.322 e. The van der Waals surface area contributed by atoms with Crippen molar-refractivity contribution in [3.8, 4) is 11.5 Å². The Morgan fingerprint density at radius 2 is 1.77 bits per heavy atom. The molecule has 8 nitrogen and oxygen atoms in total. The smallest absolute Gasteiger partial charge is 0.322 e. The van der Waals surface area contributed by atoms with Gasteiger partial charge in [-0.05, 0) is 62.7 Å². The second kappa shape index (κ2) is 8.93. The minimum atomic E-state index is -3.56. The fourth-order valence-electron chi connectivity index (χ4n) is 2.94. The van der Waals surface area contributed by atoms with Gasteiger partial charge in [-0.25, -0.2) is 13.2 Å². The fourth-order valence-corrected chi connectivity index (χ4v) is 4.31. The predicted octanol–water partition coefficient (Wildman–Crippen LogP) is 3.50. The van der Waals surface area contributed by atoms with Crippen molar-refractivity contribution >= 4 is 21.7 Å². The first-order valence-corrected chi connectivity index (χ1v) is 11.2. The predicted molar refractivity (Wildman–Crippen MR) is 114 cm³/mol. The average Bonchev–Trinajstić information content (AvgIpc) is 3.19. The number of anilines is 1. The summed E-state index contributed by atoms with van der Waals surface area (Å²) in [6.45, 7) is 6.63. The van der Waals surface area contributed by atoms with Crippen molar-refractivity contribution in [2.45, 2.75) is 38.3 Å². The second-order valence-corrected chi connectivity index (χ2v) is 9.27. The molecule has 0 saturated carbocycles. The minimum absolute atomic E-state index is 0.149. The number of carbonyl (C=O) groups excluding carboxylic acids is 1. The van der Waals surface area contributed by atoms with E-state index in [4.69, 9.17) is 9.47 Å². The third-order valence-corrected chi connectivity index (χ3v) is 7.04. The summed E-state index contributed by atoms with van der Waals surface area (Å²) >= 11 is 0. The molecular weight excluding hydrogens is 406 g/mol. The quantitative estimate of drug-likeness (QED) is 0.722. The Balaban J connectivity index is 1.67. The summed E-state index contributed by atoms with van der Waals surface area (Å²) in [5.74, 6) is 1.37. The Bertz CT molecular complexity index is 1010. The highest BCUT2D eigenvalue weighted by molar-refractivity contribution is 7.89. The van der Waals surface area contributed by atoms with Gasteiger partial charge in [-0.3, -0.25) is 0 Å². The van der Waals surface area contributed by atoms with Crippen LogP contribution in [0.5, 0.6) is 11.5 Å². The van der Waals surface area contributed by atoms with E-state index >= 15 is 0 Å². The summed E-state index contributed by atoms with van der Waals surface area (Å²) < 4.78 is 37.1. The number of hydrogen-bond donors (Lipinski definition) is 1. The first-order chi connectivity index (χ1) is 14.2. The van der Waals surface area contributed by atoms with Crippen molar-refractivity contribution in [1.29, 1.82) is 0 Å². The molecule has 0 saturated heterocycles. The van der Waals surface area contributed by atoms with Gasteiger partial charge in [-0.15, -0.1) is 0 Å². The van der Waals surface area contributed by atoms with E-state index in [1.165, 1.54) is 16.4 Å².